The minimum Gasteiger partial charge on any atom is -0.490 e. The van der Waals surface area contributed by atoms with E-state index >= 15 is 0 Å². The lowest BCUT2D eigenvalue weighted by molar-refractivity contribution is 0.216. The molecule has 0 heterocycles. The minimum atomic E-state index is 0.401. The Kier molecular flexibility index (Phi) is 5.19. The van der Waals surface area contributed by atoms with Crippen molar-refractivity contribution in [2.24, 2.45) is 5.16 Å². The molecule has 128 valence electrons. The second kappa shape index (κ2) is 7.71. The first kappa shape index (κ1) is 16.8. The lowest BCUT2D eigenvalue weighted by Gasteiger charge is -2.13. The molecule has 1 N–H and O–H groups in total. The van der Waals surface area contributed by atoms with E-state index in [1.165, 1.54) is 11.8 Å². The summed E-state index contributed by atoms with van der Waals surface area (Å²) in [5.41, 5.74) is 3.10. The highest BCUT2D eigenvalue weighted by Crippen LogP contribution is 2.27. The SMILES string of the molecule is Cc1cccc(OCCOc2ccc3ccccc3c2C=NO)c1C. The Morgan fingerprint density at radius 1 is 0.880 bits per heavy atom. The van der Waals surface area contributed by atoms with Crippen molar-refractivity contribution in [3.8, 4) is 11.5 Å². The Balaban J connectivity index is 1.71. The molecule has 0 unspecified atom stereocenters. The maximum atomic E-state index is 8.97. The topological polar surface area (TPSA) is 51.0 Å². The van der Waals surface area contributed by atoms with Crippen LogP contribution in [-0.2, 0) is 0 Å². The number of fused-ring (bicyclic) bond motifs is 1. The van der Waals surface area contributed by atoms with Crippen molar-refractivity contribution in [3.63, 3.8) is 0 Å². The Morgan fingerprint density at radius 3 is 2.44 bits per heavy atom. The second-order valence-corrected chi connectivity index (χ2v) is 5.84. The lowest BCUT2D eigenvalue weighted by Crippen LogP contribution is -2.11. The van der Waals surface area contributed by atoms with E-state index < -0.39 is 0 Å². The van der Waals surface area contributed by atoms with Crippen LogP contribution in [-0.4, -0.2) is 24.6 Å². The first-order chi connectivity index (χ1) is 12.2. The fourth-order valence-corrected chi connectivity index (χ4v) is 2.78. The van der Waals surface area contributed by atoms with E-state index in [4.69, 9.17) is 14.7 Å². The molecule has 0 amide bonds. The summed E-state index contributed by atoms with van der Waals surface area (Å²) in [6.07, 6.45) is 1.41. The molecule has 0 saturated carbocycles. The van der Waals surface area contributed by atoms with E-state index in [1.54, 1.807) is 0 Å². The summed E-state index contributed by atoms with van der Waals surface area (Å²) in [7, 11) is 0. The number of rotatable bonds is 6. The summed E-state index contributed by atoms with van der Waals surface area (Å²) in [5, 5.41) is 14.2. The molecule has 0 atom stereocenters. The number of hydrogen-bond acceptors (Lipinski definition) is 4. The smallest absolute Gasteiger partial charge is 0.129 e. The molecule has 4 heteroatoms. The fraction of sp³-hybridized carbons (Fsp3) is 0.190. The van der Waals surface area contributed by atoms with Crippen LogP contribution in [0.15, 0.2) is 59.8 Å². The van der Waals surface area contributed by atoms with Gasteiger partial charge in [0.25, 0.3) is 0 Å². The monoisotopic (exact) mass is 335 g/mol. The van der Waals surface area contributed by atoms with E-state index in [0.29, 0.717) is 19.0 Å². The van der Waals surface area contributed by atoms with Crippen molar-refractivity contribution >= 4 is 17.0 Å². The molecule has 0 aliphatic carbocycles. The standard InChI is InChI=1S/C21H21NO3/c1-15-6-5-9-20(16(15)2)24-12-13-25-21-11-10-17-7-3-4-8-18(17)19(21)14-22-23/h3-11,14,23H,12-13H2,1-2H3. The number of nitrogens with zero attached hydrogens (tertiary/aromatic N) is 1. The molecule has 4 nitrogen and oxygen atoms in total. The zero-order chi connectivity index (χ0) is 17.6. The number of hydrogen-bond donors (Lipinski definition) is 1. The summed E-state index contributed by atoms with van der Waals surface area (Å²) in [6, 6.07) is 17.8. The summed E-state index contributed by atoms with van der Waals surface area (Å²) < 4.78 is 11.7. The maximum Gasteiger partial charge on any atom is 0.129 e. The van der Waals surface area contributed by atoms with E-state index in [1.807, 2.05) is 55.5 Å². The maximum absolute atomic E-state index is 8.97. The van der Waals surface area contributed by atoms with Gasteiger partial charge in [0.15, 0.2) is 0 Å². The van der Waals surface area contributed by atoms with Gasteiger partial charge in [-0.1, -0.05) is 47.6 Å². The van der Waals surface area contributed by atoms with Gasteiger partial charge in [0.1, 0.15) is 24.7 Å². The zero-order valence-electron chi connectivity index (χ0n) is 14.4. The van der Waals surface area contributed by atoms with E-state index in [9.17, 15) is 0 Å². The number of oxime groups is 1. The molecule has 3 aromatic rings. The van der Waals surface area contributed by atoms with Crippen LogP contribution in [0.5, 0.6) is 11.5 Å². The number of ether oxygens (including phenoxy) is 2. The van der Waals surface area contributed by atoms with Gasteiger partial charge in [-0.25, -0.2) is 0 Å². The molecule has 3 rings (SSSR count). The highest BCUT2D eigenvalue weighted by atomic mass is 16.5. The molecular formula is C21H21NO3. The van der Waals surface area contributed by atoms with Crippen molar-refractivity contribution in [1.82, 2.24) is 0 Å². The molecule has 25 heavy (non-hydrogen) atoms. The van der Waals surface area contributed by atoms with Crippen molar-refractivity contribution < 1.29 is 14.7 Å². The third-order valence-electron chi connectivity index (χ3n) is 4.27. The van der Waals surface area contributed by atoms with Gasteiger partial charge in [-0.05, 0) is 47.9 Å². The Bertz CT molecular complexity index is 903. The zero-order valence-corrected chi connectivity index (χ0v) is 14.4. The average Bonchev–Trinajstić information content (AvgIpc) is 2.63. The van der Waals surface area contributed by atoms with Crippen LogP contribution >= 0.6 is 0 Å². The Morgan fingerprint density at radius 2 is 1.64 bits per heavy atom. The molecule has 0 fully saturated rings. The molecule has 0 spiro atoms. The van der Waals surface area contributed by atoms with E-state index in [2.05, 4.69) is 18.1 Å². The van der Waals surface area contributed by atoms with E-state index in [0.717, 1.165) is 27.6 Å². The normalized spacial score (nSPS) is 11.1. The highest BCUT2D eigenvalue weighted by Gasteiger charge is 2.08. The van der Waals surface area contributed by atoms with Crippen LogP contribution in [0.25, 0.3) is 10.8 Å². The van der Waals surface area contributed by atoms with Gasteiger partial charge in [-0.15, -0.1) is 0 Å². The van der Waals surface area contributed by atoms with Crippen molar-refractivity contribution in [1.29, 1.82) is 0 Å². The van der Waals surface area contributed by atoms with Crippen LogP contribution in [0, 0.1) is 13.8 Å². The minimum absolute atomic E-state index is 0.401. The van der Waals surface area contributed by atoms with Crippen LogP contribution in [0.1, 0.15) is 16.7 Å². The third kappa shape index (κ3) is 3.74. The molecule has 0 aromatic heterocycles. The van der Waals surface area contributed by atoms with Gasteiger partial charge < -0.3 is 14.7 Å². The molecule has 0 aliphatic heterocycles. The summed E-state index contributed by atoms with van der Waals surface area (Å²) in [4.78, 5) is 0. The third-order valence-corrected chi connectivity index (χ3v) is 4.27. The van der Waals surface area contributed by atoms with Crippen LogP contribution in [0.3, 0.4) is 0 Å². The molecular weight excluding hydrogens is 314 g/mol. The molecule has 0 bridgehead atoms. The summed E-state index contributed by atoms with van der Waals surface area (Å²) in [6.45, 7) is 4.95. The fourth-order valence-electron chi connectivity index (χ4n) is 2.78. The van der Waals surface area contributed by atoms with Gasteiger partial charge in [0.05, 0.1) is 6.21 Å². The molecule has 0 aliphatic rings. The lowest BCUT2D eigenvalue weighted by atomic mass is 10.0. The van der Waals surface area contributed by atoms with Crippen molar-refractivity contribution in [3.05, 3.63) is 71.3 Å². The quantitative estimate of drug-likeness (QED) is 0.307. The first-order valence-corrected chi connectivity index (χ1v) is 8.21. The molecule has 0 radical (unpaired) electrons. The van der Waals surface area contributed by atoms with Gasteiger partial charge >= 0.3 is 0 Å². The Hall–Kier alpha value is -3.01. The van der Waals surface area contributed by atoms with Crippen LogP contribution < -0.4 is 9.47 Å². The van der Waals surface area contributed by atoms with Crippen LogP contribution in [0.2, 0.25) is 0 Å². The molecule has 3 aromatic carbocycles. The number of aryl methyl sites for hydroxylation is 1. The van der Waals surface area contributed by atoms with Gasteiger partial charge in [-0.2, -0.15) is 0 Å². The van der Waals surface area contributed by atoms with Gasteiger partial charge in [0, 0.05) is 5.56 Å². The summed E-state index contributed by atoms with van der Waals surface area (Å²) in [5.74, 6) is 1.54. The molecule has 0 saturated heterocycles. The predicted molar refractivity (Wildman–Crippen MR) is 100 cm³/mol. The largest absolute Gasteiger partial charge is 0.490 e. The highest BCUT2D eigenvalue weighted by molar-refractivity contribution is 6.02. The average molecular weight is 335 g/mol. The van der Waals surface area contributed by atoms with Crippen molar-refractivity contribution in [2.75, 3.05) is 13.2 Å². The van der Waals surface area contributed by atoms with Gasteiger partial charge in [0.2, 0.25) is 0 Å². The summed E-state index contributed by atoms with van der Waals surface area (Å²) >= 11 is 0. The predicted octanol–water partition coefficient (Wildman–Crippen LogP) is 4.72. The second-order valence-electron chi connectivity index (χ2n) is 5.84. The van der Waals surface area contributed by atoms with Crippen LogP contribution in [0.4, 0.5) is 0 Å². The van der Waals surface area contributed by atoms with Crippen molar-refractivity contribution in [2.45, 2.75) is 13.8 Å². The first-order valence-electron chi connectivity index (χ1n) is 8.21. The van der Waals surface area contributed by atoms with Gasteiger partial charge in [-0.3, -0.25) is 0 Å². The van der Waals surface area contributed by atoms with E-state index in [-0.39, 0.29) is 0 Å². The number of benzene rings is 3. The Labute approximate surface area is 147 Å².